The van der Waals surface area contributed by atoms with Gasteiger partial charge in [-0.3, -0.25) is 9.59 Å². The molecule has 0 saturated carbocycles. The van der Waals surface area contributed by atoms with Gasteiger partial charge in [0.25, 0.3) is 0 Å². The quantitative estimate of drug-likeness (QED) is 0.647. The molecule has 1 atom stereocenters. The van der Waals surface area contributed by atoms with Gasteiger partial charge >= 0.3 is 0 Å². The van der Waals surface area contributed by atoms with Crippen LogP contribution in [-0.4, -0.2) is 29.3 Å². The predicted octanol–water partition coefficient (Wildman–Crippen LogP) is 4.34. The maximum absolute atomic E-state index is 13.3. The van der Waals surface area contributed by atoms with E-state index in [1.807, 2.05) is 51.1 Å². The Labute approximate surface area is 173 Å². The number of hydrogen-bond donors (Lipinski definition) is 1. The highest BCUT2D eigenvalue weighted by Crippen LogP contribution is 2.16. The molecule has 0 bridgehead atoms. The van der Waals surface area contributed by atoms with Gasteiger partial charge < -0.3 is 10.2 Å². The highest BCUT2D eigenvalue weighted by molar-refractivity contribution is 5.87. The molecule has 2 amide bonds. The fourth-order valence-corrected chi connectivity index (χ4v) is 3.17. The predicted molar refractivity (Wildman–Crippen MR) is 114 cm³/mol. The minimum atomic E-state index is -0.554. The van der Waals surface area contributed by atoms with E-state index in [0.717, 1.165) is 11.1 Å². The molecule has 29 heavy (non-hydrogen) atoms. The largest absolute Gasteiger partial charge is 0.354 e. The molecular formula is C24H31FN2O2. The van der Waals surface area contributed by atoms with Crippen molar-refractivity contribution in [2.24, 2.45) is 5.92 Å². The van der Waals surface area contributed by atoms with E-state index >= 15 is 0 Å². The summed E-state index contributed by atoms with van der Waals surface area (Å²) >= 11 is 0. The number of hydrogen-bond acceptors (Lipinski definition) is 2. The maximum atomic E-state index is 13.3. The zero-order valence-corrected chi connectivity index (χ0v) is 17.5. The van der Waals surface area contributed by atoms with E-state index in [1.54, 1.807) is 17.0 Å². The average Bonchev–Trinajstić information content (AvgIpc) is 2.72. The summed E-state index contributed by atoms with van der Waals surface area (Å²) in [5.74, 6) is -0.214. The van der Waals surface area contributed by atoms with Gasteiger partial charge in [-0.2, -0.15) is 0 Å². The first-order chi connectivity index (χ1) is 13.9. The van der Waals surface area contributed by atoms with Crippen molar-refractivity contribution in [3.05, 3.63) is 71.5 Å². The molecule has 0 aliphatic heterocycles. The van der Waals surface area contributed by atoms with Gasteiger partial charge in [0.05, 0.1) is 0 Å². The van der Waals surface area contributed by atoms with Gasteiger partial charge in [0.1, 0.15) is 11.9 Å². The highest BCUT2D eigenvalue weighted by Gasteiger charge is 2.28. The van der Waals surface area contributed by atoms with Crippen LogP contribution in [0, 0.1) is 11.7 Å². The molecule has 2 aromatic carbocycles. The number of rotatable bonds is 10. The second kappa shape index (κ2) is 11.3. The number of nitrogens with one attached hydrogen (secondary N) is 1. The summed E-state index contributed by atoms with van der Waals surface area (Å²) in [6, 6.07) is 15.3. The zero-order valence-electron chi connectivity index (χ0n) is 17.5. The number of nitrogens with zero attached hydrogens (tertiary/aromatic N) is 1. The smallest absolute Gasteiger partial charge is 0.242 e. The fourth-order valence-electron chi connectivity index (χ4n) is 3.17. The van der Waals surface area contributed by atoms with Crippen molar-refractivity contribution in [2.75, 3.05) is 6.54 Å². The van der Waals surface area contributed by atoms with Crippen molar-refractivity contribution in [2.45, 2.75) is 52.6 Å². The second-order valence-corrected chi connectivity index (χ2v) is 7.70. The highest BCUT2D eigenvalue weighted by atomic mass is 19.1. The van der Waals surface area contributed by atoms with Gasteiger partial charge in [-0.25, -0.2) is 4.39 Å². The Balaban J connectivity index is 2.16. The van der Waals surface area contributed by atoms with Crippen LogP contribution in [0.15, 0.2) is 54.6 Å². The van der Waals surface area contributed by atoms with Crippen LogP contribution in [0.5, 0.6) is 0 Å². The number of carbonyl (C=O) groups is 2. The van der Waals surface area contributed by atoms with Crippen molar-refractivity contribution >= 4 is 11.8 Å². The molecule has 0 heterocycles. The molecule has 0 aliphatic carbocycles. The molecule has 1 unspecified atom stereocenters. The lowest BCUT2D eigenvalue weighted by Crippen LogP contribution is -2.49. The van der Waals surface area contributed by atoms with E-state index in [9.17, 15) is 14.0 Å². The molecule has 156 valence electrons. The Morgan fingerprint density at radius 2 is 1.66 bits per heavy atom. The third kappa shape index (κ3) is 7.33. The first kappa shape index (κ1) is 22.6. The Morgan fingerprint density at radius 3 is 2.24 bits per heavy atom. The van der Waals surface area contributed by atoms with Gasteiger partial charge in [-0.1, -0.05) is 63.2 Å². The van der Waals surface area contributed by atoms with E-state index in [0.29, 0.717) is 31.7 Å². The summed E-state index contributed by atoms with van der Waals surface area (Å²) in [6.45, 7) is 6.81. The van der Waals surface area contributed by atoms with Crippen LogP contribution in [0.4, 0.5) is 4.39 Å². The van der Waals surface area contributed by atoms with Crippen LogP contribution in [0.2, 0.25) is 0 Å². The average molecular weight is 399 g/mol. The lowest BCUT2D eigenvalue weighted by Gasteiger charge is -2.31. The molecule has 0 aliphatic rings. The molecule has 0 aromatic heterocycles. The van der Waals surface area contributed by atoms with E-state index in [4.69, 9.17) is 0 Å². The van der Waals surface area contributed by atoms with Crippen LogP contribution in [0.25, 0.3) is 0 Å². The van der Waals surface area contributed by atoms with Crippen LogP contribution in [-0.2, 0) is 22.6 Å². The number of benzene rings is 2. The van der Waals surface area contributed by atoms with Gasteiger partial charge in [-0.15, -0.1) is 0 Å². The molecule has 2 aromatic rings. The molecule has 2 rings (SSSR count). The van der Waals surface area contributed by atoms with E-state index in [2.05, 4.69) is 5.32 Å². The SMILES string of the molecule is CCC(C(=O)NCC(C)C)N(Cc1ccc(F)cc1)C(=O)CCc1ccccc1. The number of halogens is 1. The molecule has 0 saturated heterocycles. The second-order valence-electron chi connectivity index (χ2n) is 7.70. The lowest BCUT2D eigenvalue weighted by atomic mass is 10.1. The first-order valence-electron chi connectivity index (χ1n) is 10.3. The number of amides is 2. The molecule has 4 nitrogen and oxygen atoms in total. The van der Waals surface area contributed by atoms with E-state index in [1.165, 1.54) is 12.1 Å². The van der Waals surface area contributed by atoms with Crippen LogP contribution >= 0.6 is 0 Å². The molecule has 0 spiro atoms. The van der Waals surface area contributed by atoms with Gasteiger partial charge in [0, 0.05) is 19.5 Å². The van der Waals surface area contributed by atoms with E-state index in [-0.39, 0.29) is 24.2 Å². The van der Waals surface area contributed by atoms with Gasteiger partial charge in [-0.05, 0) is 42.0 Å². The standard InChI is InChI=1S/C24H31FN2O2/c1-4-22(24(29)26-16-18(2)3)27(17-20-10-13-21(25)14-11-20)23(28)15-12-19-8-6-5-7-9-19/h5-11,13-14,18,22H,4,12,15-17H2,1-3H3,(H,26,29). The molecule has 0 fully saturated rings. The Kier molecular flexibility index (Phi) is 8.84. The van der Waals surface area contributed by atoms with Crippen LogP contribution in [0.3, 0.4) is 0 Å². The third-order valence-corrected chi connectivity index (χ3v) is 4.81. The van der Waals surface area contributed by atoms with Crippen LogP contribution < -0.4 is 5.32 Å². The number of aryl methyl sites for hydroxylation is 1. The third-order valence-electron chi connectivity index (χ3n) is 4.81. The molecule has 0 radical (unpaired) electrons. The zero-order chi connectivity index (χ0) is 21.2. The topological polar surface area (TPSA) is 49.4 Å². The first-order valence-corrected chi connectivity index (χ1v) is 10.3. The van der Waals surface area contributed by atoms with Crippen molar-refractivity contribution in [3.8, 4) is 0 Å². The summed E-state index contributed by atoms with van der Waals surface area (Å²) in [5, 5.41) is 2.94. The van der Waals surface area contributed by atoms with Gasteiger partial charge in [0.2, 0.25) is 11.8 Å². The van der Waals surface area contributed by atoms with E-state index < -0.39 is 6.04 Å². The number of carbonyl (C=O) groups excluding carboxylic acids is 2. The summed E-state index contributed by atoms with van der Waals surface area (Å²) in [4.78, 5) is 27.5. The van der Waals surface area contributed by atoms with Crippen molar-refractivity contribution in [1.29, 1.82) is 0 Å². The Morgan fingerprint density at radius 1 is 1.00 bits per heavy atom. The van der Waals surface area contributed by atoms with Crippen molar-refractivity contribution < 1.29 is 14.0 Å². The molecule has 5 heteroatoms. The minimum Gasteiger partial charge on any atom is -0.354 e. The normalized spacial score (nSPS) is 11.9. The molecule has 1 N–H and O–H groups in total. The summed E-state index contributed by atoms with van der Waals surface area (Å²) < 4.78 is 13.3. The Bertz CT molecular complexity index is 775. The maximum Gasteiger partial charge on any atom is 0.242 e. The Hall–Kier alpha value is -2.69. The van der Waals surface area contributed by atoms with Crippen molar-refractivity contribution in [1.82, 2.24) is 10.2 Å². The van der Waals surface area contributed by atoms with Crippen LogP contribution in [0.1, 0.15) is 44.7 Å². The fraction of sp³-hybridized carbons (Fsp3) is 0.417. The summed E-state index contributed by atoms with van der Waals surface area (Å²) in [5.41, 5.74) is 1.88. The summed E-state index contributed by atoms with van der Waals surface area (Å²) in [6.07, 6.45) is 1.45. The molecular weight excluding hydrogens is 367 g/mol. The van der Waals surface area contributed by atoms with Gasteiger partial charge in [0.15, 0.2) is 0 Å². The monoisotopic (exact) mass is 398 g/mol. The lowest BCUT2D eigenvalue weighted by molar-refractivity contribution is -0.141. The summed E-state index contributed by atoms with van der Waals surface area (Å²) in [7, 11) is 0. The minimum absolute atomic E-state index is 0.0790. The van der Waals surface area contributed by atoms with Crippen molar-refractivity contribution in [3.63, 3.8) is 0 Å².